The highest BCUT2D eigenvalue weighted by Gasteiger charge is 2.07. The van der Waals surface area contributed by atoms with Gasteiger partial charge in [0.2, 0.25) is 5.91 Å². The highest BCUT2D eigenvalue weighted by molar-refractivity contribution is 6.34. The number of rotatable bonds is 5. The molecule has 0 spiro atoms. The van der Waals surface area contributed by atoms with Gasteiger partial charge in [0.05, 0.1) is 17.8 Å². The molecule has 24 heavy (non-hydrogen) atoms. The van der Waals surface area contributed by atoms with Gasteiger partial charge < -0.3 is 0 Å². The monoisotopic (exact) mass is 341 g/mol. The molecular weight excluding hydrogens is 326 g/mol. The van der Waals surface area contributed by atoms with Crippen LogP contribution in [0.25, 0.3) is 11.0 Å². The van der Waals surface area contributed by atoms with Crippen molar-refractivity contribution in [2.75, 3.05) is 0 Å². The van der Waals surface area contributed by atoms with E-state index in [1.165, 1.54) is 0 Å². The Morgan fingerprint density at radius 3 is 2.79 bits per heavy atom. The Morgan fingerprint density at radius 2 is 1.96 bits per heavy atom. The van der Waals surface area contributed by atoms with E-state index in [9.17, 15) is 4.79 Å². The summed E-state index contributed by atoms with van der Waals surface area (Å²) in [5.74, 6) is -0.194. The van der Waals surface area contributed by atoms with Crippen LogP contribution in [0.15, 0.2) is 53.6 Å². The van der Waals surface area contributed by atoms with Crippen molar-refractivity contribution in [2.45, 2.75) is 19.9 Å². The lowest BCUT2D eigenvalue weighted by Gasteiger charge is -2.05. The van der Waals surface area contributed by atoms with Gasteiger partial charge in [-0.15, -0.1) is 5.10 Å². The number of aromatic nitrogens is 3. The molecule has 0 unspecified atom stereocenters. The Kier molecular flexibility index (Phi) is 4.86. The van der Waals surface area contributed by atoms with Gasteiger partial charge in [0.25, 0.3) is 0 Å². The fraction of sp³-hybridized carbons (Fsp3) is 0.176. The number of hydrazone groups is 1. The number of hydrogen-bond donors (Lipinski definition) is 1. The fourth-order valence-electron chi connectivity index (χ4n) is 2.31. The van der Waals surface area contributed by atoms with E-state index in [1.807, 2.05) is 42.5 Å². The largest absolute Gasteiger partial charge is 0.273 e. The molecule has 6 nitrogen and oxygen atoms in total. The second-order valence-corrected chi connectivity index (χ2v) is 5.67. The van der Waals surface area contributed by atoms with Gasteiger partial charge in [0.1, 0.15) is 5.52 Å². The molecule has 1 amide bonds. The average molecular weight is 342 g/mol. The van der Waals surface area contributed by atoms with Crippen LogP contribution in [-0.2, 0) is 11.3 Å². The third-order valence-electron chi connectivity index (χ3n) is 3.58. The number of benzene rings is 2. The highest BCUT2D eigenvalue weighted by atomic mass is 35.5. The third-order valence-corrected chi connectivity index (χ3v) is 3.91. The summed E-state index contributed by atoms with van der Waals surface area (Å²) in [6.07, 6.45) is 0.257. The molecule has 0 radical (unpaired) electrons. The number of amides is 1. The highest BCUT2D eigenvalue weighted by Crippen LogP contribution is 2.15. The lowest BCUT2D eigenvalue weighted by molar-refractivity contribution is -0.121. The molecule has 2 aromatic carbocycles. The maximum absolute atomic E-state index is 12.0. The van der Waals surface area contributed by atoms with E-state index in [-0.39, 0.29) is 12.3 Å². The van der Waals surface area contributed by atoms with Gasteiger partial charge in [-0.3, -0.25) is 4.79 Å². The summed E-state index contributed by atoms with van der Waals surface area (Å²) in [7, 11) is 0. The summed E-state index contributed by atoms with van der Waals surface area (Å²) in [5.41, 5.74) is 5.71. The quantitative estimate of drug-likeness (QED) is 0.572. The number of para-hydroxylation sites is 1. The Labute approximate surface area is 144 Å². The third kappa shape index (κ3) is 3.60. The molecule has 0 aliphatic rings. The molecule has 0 atom stereocenters. The van der Waals surface area contributed by atoms with Gasteiger partial charge in [0, 0.05) is 17.0 Å². The Balaban J connectivity index is 1.60. The first kappa shape index (κ1) is 16.1. The maximum atomic E-state index is 12.0. The maximum Gasteiger partial charge on any atom is 0.241 e. The number of carbonyl (C=O) groups is 1. The molecule has 7 heteroatoms. The first-order valence-corrected chi connectivity index (χ1v) is 7.89. The van der Waals surface area contributed by atoms with Crippen molar-refractivity contribution in [1.29, 1.82) is 0 Å². The first-order valence-electron chi connectivity index (χ1n) is 7.51. The molecule has 0 aliphatic heterocycles. The lowest BCUT2D eigenvalue weighted by atomic mass is 10.1. The van der Waals surface area contributed by atoms with Crippen molar-refractivity contribution in [3.8, 4) is 0 Å². The number of halogens is 1. The molecule has 122 valence electrons. The van der Waals surface area contributed by atoms with Crippen LogP contribution < -0.4 is 5.43 Å². The molecule has 1 N–H and O–H groups in total. The summed E-state index contributed by atoms with van der Waals surface area (Å²) < 4.78 is 1.71. The van der Waals surface area contributed by atoms with E-state index >= 15 is 0 Å². The first-order chi connectivity index (χ1) is 11.6. The predicted octanol–water partition coefficient (Wildman–Crippen LogP) is 3.02. The van der Waals surface area contributed by atoms with E-state index < -0.39 is 0 Å². The minimum atomic E-state index is -0.194. The predicted molar refractivity (Wildman–Crippen MR) is 94.0 cm³/mol. The SMILES string of the molecule is C/C(=N\NC(=O)CCn1nnc2ccccc21)c1ccccc1Cl. The molecule has 3 rings (SSSR count). The van der Waals surface area contributed by atoms with E-state index in [1.54, 1.807) is 17.7 Å². The Hall–Kier alpha value is -2.73. The van der Waals surface area contributed by atoms with Gasteiger partial charge in [-0.2, -0.15) is 5.10 Å². The van der Waals surface area contributed by atoms with Crippen molar-refractivity contribution in [3.05, 3.63) is 59.1 Å². The fourth-order valence-corrected chi connectivity index (χ4v) is 2.58. The van der Waals surface area contributed by atoms with Gasteiger partial charge in [-0.25, -0.2) is 10.1 Å². The number of carbonyl (C=O) groups excluding carboxylic acids is 1. The number of nitrogens with zero attached hydrogens (tertiary/aromatic N) is 4. The molecule has 0 aliphatic carbocycles. The number of hydrogen-bond acceptors (Lipinski definition) is 4. The average Bonchev–Trinajstić information content (AvgIpc) is 3.01. The van der Waals surface area contributed by atoms with Crippen LogP contribution >= 0.6 is 11.6 Å². The molecule has 0 fully saturated rings. The van der Waals surface area contributed by atoms with Crippen molar-refractivity contribution < 1.29 is 4.79 Å². The minimum Gasteiger partial charge on any atom is -0.273 e. The van der Waals surface area contributed by atoms with E-state index in [0.29, 0.717) is 17.3 Å². The summed E-state index contributed by atoms with van der Waals surface area (Å²) in [6.45, 7) is 2.24. The summed E-state index contributed by atoms with van der Waals surface area (Å²) in [4.78, 5) is 12.0. The standard InChI is InChI=1S/C17H16ClN5O/c1-12(13-6-2-3-7-14(13)18)19-21-17(24)10-11-23-16-9-5-4-8-15(16)20-22-23/h2-9H,10-11H2,1H3,(H,21,24)/b19-12+. The summed E-state index contributed by atoms with van der Waals surface area (Å²) in [5, 5.41) is 12.8. The van der Waals surface area contributed by atoms with Crippen molar-refractivity contribution >= 4 is 34.3 Å². The van der Waals surface area contributed by atoms with Crippen molar-refractivity contribution in [1.82, 2.24) is 20.4 Å². The van der Waals surface area contributed by atoms with E-state index in [4.69, 9.17) is 11.6 Å². The summed E-state index contributed by atoms with van der Waals surface area (Å²) in [6, 6.07) is 15.0. The topological polar surface area (TPSA) is 72.2 Å². The molecule has 1 aromatic heterocycles. The smallest absolute Gasteiger partial charge is 0.241 e. The number of aryl methyl sites for hydroxylation is 1. The van der Waals surface area contributed by atoms with Gasteiger partial charge in [-0.1, -0.05) is 47.1 Å². The second-order valence-electron chi connectivity index (χ2n) is 5.26. The van der Waals surface area contributed by atoms with Gasteiger partial charge in [-0.05, 0) is 25.1 Å². The van der Waals surface area contributed by atoms with Crippen LogP contribution in [0, 0.1) is 0 Å². The zero-order valence-electron chi connectivity index (χ0n) is 13.1. The van der Waals surface area contributed by atoms with Crippen LogP contribution in [0.1, 0.15) is 18.9 Å². The summed E-state index contributed by atoms with van der Waals surface area (Å²) >= 11 is 6.11. The van der Waals surface area contributed by atoms with E-state index in [0.717, 1.165) is 16.6 Å². The van der Waals surface area contributed by atoms with Crippen molar-refractivity contribution in [2.24, 2.45) is 5.10 Å². The molecule has 1 heterocycles. The molecule has 0 saturated heterocycles. The zero-order chi connectivity index (χ0) is 16.9. The normalized spacial score (nSPS) is 11.7. The minimum absolute atomic E-state index is 0.194. The van der Waals surface area contributed by atoms with Crippen LogP contribution in [0.5, 0.6) is 0 Å². The number of fused-ring (bicyclic) bond motifs is 1. The second kappa shape index (κ2) is 7.23. The molecular formula is C17H16ClN5O. The zero-order valence-corrected chi connectivity index (χ0v) is 13.9. The van der Waals surface area contributed by atoms with Gasteiger partial charge in [0.15, 0.2) is 0 Å². The van der Waals surface area contributed by atoms with Crippen LogP contribution in [-0.4, -0.2) is 26.6 Å². The molecule has 0 saturated carbocycles. The Morgan fingerprint density at radius 1 is 1.21 bits per heavy atom. The Bertz CT molecular complexity index is 903. The van der Waals surface area contributed by atoms with Crippen molar-refractivity contribution in [3.63, 3.8) is 0 Å². The lowest BCUT2D eigenvalue weighted by Crippen LogP contribution is -2.21. The van der Waals surface area contributed by atoms with E-state index in [2.05, 4.69) is 20.8 Å². The van der Waals surface area contributed by atoms with Crippen LogP contribution in [0.2, 0.25) is 5.02 Å². The van der Waals surface area contributed by atoms with Crippen LogP contribution in [0.4, 0.5) is 0 Å². The van der Waals surface area contributed by atoms with Crippen LogP contribution in [0.3, 0.4) is 0 Å². The van der Waals surface area contributed by atoms with Gasteiger partial charge >= 0.3 is 0 Å². The molecule has 0 bridgehead atoms. The number of nitrogens with one attached hydrogen (secondary N) is 1. The molecule has 3 aromatic rings.